The molecule has 3 aliphatic rings. The number of aromatic nitrogens is 3. The Morgan fingerprint density at radius 2 is 2.06 bits per heavy atom. The fraction of sp³-hybridized carbons (Fsp3) is 0.652. The van der Waals surface area contributed by atoms with Gasteiger partial charge in [-0.25, -0.2) is 23.6 Å². The van der Waals surface area contributed by atoms with Gasteiger partial charge in [0, 0.05) is 32.3 Å². The van der Waals surface area contributed by atoms with E-state index < -0.39 is 29.2 Å². The highest BCUT2D eigenvalue weighted by Gasteiger charge is 2.49. The zero-order valence-corrected chi connectivity index (χ0v) is 20.8. The first kappa shape index (κ1) is 24.2. The summed E-state index contributed by atoms with van der Waals surface area (Å²) in [6.07, 6.45) is 2.78. The van der Waals surface area contributed by atoms with E-state index in [9.17, 15) is 9.18 Å². The van der Waals surface area contributed by atoms with Gasteiger partial charge in [0.15, 0.2) is 16.8 Å². The second kappa shape index (κ2) is 8.85. The van der Waals surface area contributed by atoms with E-state index in [4.69, 9.17) is 21.1 Å². The first-order valence-corrected chi connectivity index (χ1v) is 12.3. The van der Waals surface area contributed by atoms with Crippen molar-refractivity contribution >= 4 is 34.4 Å². The fourth-order valence-electron chi connectivity index (χ4n) is 5.24. The maximum Gasteiger partial charge on any atom is 0.429 e. The Balaban J connectivity index is 1.50. The third-order valence-electron chi connectivity index (χ3n) is 6.71. The molecular formula is C23H29ClF2N6O3. The van der Waals surface area contributed by atoms with Gasteiger partial charge in [-0.05, 0) is 46.6 Å². The number of ether oxygens (including phenoxy) is 2. The summed E-state index contributed by atoms with van der Waals surface area (Å²) in [5.74, 6) is -0.530. The molecule has 9 nitrogen and oxygen atoms in total. The summed E-state index contributed by atoms with van der Waals surface area (Å²) in [7, 11) is 0. The van der Waals surface area contributed by atoms with Crippen LogP contribution < -0.4 is 9.75 Å². The van der Waals surface area contributed by atoms with E-state index in [1.807, 2.05) is 0 Å². The summed E-state index contributed by atoms with van der Waals surface area (Å²) in [5.41, 5.74) is -1.16. The molecule has 0 spiro atoms. The molecule has 0 unspecified atom stereocenters. The summed E-state index contributed by atoms with van der Waals surface area (Å²) < 4.78 is 40.7. The summed E-state index contributed by atoms with van der Waals surface area (Å²) in [5, 5.41) is 3.04. The van der Waals surface area contributed by atoms with Crippen molar-refractivity contribution in [1.29, 1.82) is 0 Å². The number of fused-ring (bicyclic) bond motifs is 2. The minimum Gasteiger partial charge on any atom is -0.461 e. The number of pyridine rings is 1. The Morgan fingerprint density at radius 3 is 2.83 bits per heavy atom. The zero-order valence-electron chi connectivity index (χ0n) is 20.1. The van der Waals surface area contributed by atoms with E-state index in [-0.39, 0.29) is 29.1 Å². The van der Waals surface area contributed by atoms with Gasteiger partial charge in [0.2, 0.25) is 0 Å². The second-order valence-electron chi connectivity index (χ2n) is 10.4. The van der Waals surface area contributed by atoms with Crippen LogP contribution in [0.5, 0.6) is 6.01 Å². The van der Waals surface area contributed by atoms with E-state index in [2.05, 4.69) is 19.9 Å². The molecule has 2 aromatic rings. The van der Waals surface area contributed by atoms with Crippen molar-refractivity contribution in [3.63, 3.8) is 0 Å². The van der Waals surface area contributed by atoms with Gasteiger partial charge in [-0.2, -0.15) is 9.97 Å². The number of anilines is 1. The molecular weight excluding hydrogens is 482 g/mol. The molecule has 5 rings (SSSR count). The molecule has 12 heteroatoms. The lowest BCUT2D eigenvalue weighted by Crippen LogP contribution is -2.45. The molecule has 0 bridgehead atoms. The lowest BCUT2D eigenvalue weighted by molar-refractivity contribution is 0.0272. The average Bonchev–Trinajstić information content (AvgIpc) is 3.47. The molecule has 190 valence electrons. The summed E-state index contributed by atoms with van der Waals surface area (Å²) in [6, 6.07) is -0.0618. The number of rotatable bonds is 4. The maximum atomic E-state index is 15.0. The van der Waals surface area contributed by atoms with Gasteiger partial charge in [0.05, 0.1) is 10.9 Å². The third kappa shape index (κ3) is 4.55. The van der Waals surface area contributed by atoms with Crippen LogP contribution in [-0.2, 0) is 4.74 Å². The molecule has 0 radical (unpaired) electrons. The molecule has 5 heterocycles. The van der Waals surface area contributed by atoms with Crippen molar-refractivity contribution < 1.29 is 23.0 Å². The molecule has 0 saturated carbocycles. The van der Waals surface area contributed by atoms with Crippen LogP contribution in [0.4, 0.5) is 19.4 Å². The van der Waals surface area contributed by atoms with Crippen LogP contribution in [0.2, 0.25) is 5.15 Å². The zero-order chi connectivity index (χ0) is 25.0. The Hall–Kier alpha value is -2.53. The van der Waals surface area contributed by atoms with Gasteiger partial charge in [0.1, 0.15) is 23.9 Å². The predicted molar refractivity (Wildman–Crippen MR) is 126 cm³/mol. The summed E-state index contributed by atoms with van der Waals surface area (Å²) >= 11 is 5.94. The van der Waals surface area contributed by atoms with Crippen molar-refractivity contribution in [1.82, 2.24) is 24.9 Å². The quantitative estimate of drug-likeness (QED) is 0.568. The maximum absolute atomic E-state index is 15.0. The Kier molecular flexibility index (Phi) is 6.11. The number of halogens is 3. The van der Waals surface area contributed by atoms with E-state index in [1.54, 1.807) is 25.8 Å². The highest BCUT2D eigenvalue weighted by Crippen LogP contribution is 2.40. The van der Waals surface area contributed by atoms with E-state index >= 15 is 4.39 Å². The highest BCUT2D eigenvalue weighted by molar-refractivity contribution is 6.30. The first-order chi connectivity index (χ1) is 16.6. The molecule has 1 amide bonds. The van der Waals surface area contributed by atoms with Crippen LogP contribution in [0.1, 0.15) is 46.5 Å². The SMILES string of the molecule is CC(C)(C)OC(=O)N1CCCN1c1nc(OC[C@@]23CCCN2C[C@H](F)C3)nc2c(F)c(Cl)ncc12. The molecule has 2 atom stereocenters. The first-order valence-electron chi connectivity index (χ1n) is 11.9. The number of carbonyl (C=O) groups is 1. The van der Waals surface area contributed by atoms with E-state index in [1.165, 1.54) is 11.2 Å². The van der Waals surface area contributed by atoms with Crippen LogP contribution in [0, 0.1) is 5.82 Å². The lowest BCUT2D eigenvalue weighted by atomic mass is 9.95. The third-order valence-corrected chi connectivity index (χ3v) is 6.98. The Morgan fingerprint density at radius 1 is 1.26 bits per heavy atom. The van der Waals surface area contributed by atoms with Crippen molar-refractivity contribution in [3.05, 3.63) is 17.2 Å². The van der Waals surface area contributed by atoms with Crippen LogP contribution in [0.3, 0.4) is 0 Å². The number of amides is 1. The lowest BCUT2D eigenvalue weighted by Gasteiger charge is -2.32. The van der Waals surface area contributed by atoms with Gasteiger partial charge >= 0.3 is 12.1 Å². The largest absolute Gasteiger partial charge is 0.461 e. The van der Waals surface area contributed by atoms with Crippen LogP contribution in [0.25, 0.3) is 10.9 Å². The molecule has 3 aliphatic heterocycles. The monoisotopic (exact) mass is 510 g/mol. The Bertz CT molecular complexity index is 1150. The van der Waals surface area contributed by atoms with Crippen molar-refractivity contribution in [3.8, 4) is 6.01 Å². The number of carbonyl (C=O) groups excluding carboxylic acids is 1. The molecule has 3 fully saturated rings. The predicted octanol–water partition coefficient (Wildman–Crippen LogP) is 4.13. The smallest absolute Gasteiger partial charge is 0.429 e. The van der Waals surface area contributed by atoms with Crippen LogP contribution in [-0.4, -0.2) is 81.1 Å². The van der Waals surface area contributed by atoms with E-state index in [0.717, 1.165) is 19.4 Å². The van der Waals surface area contributed by atoms with Gasteiger partial charge < -0.3 is 9.47 Å². The Labute approximate surface area is 207 Å². The van der Waals surface area contributed by atoms with Crippen molar-refractivity contribution in [2.24, 2.45) is 0 Å². The van der Waals surface area contributed by atoms with Crippen molar-refractivity contribution in [2.45, 2.75) is 63.8 Å². The number of hydrogen-bond donors (Lipinski definition) is 0. The number of alkyl halides is 1. The topological polar surface area (TPSA) is 83.9 Å². The molecule has 0 aliphatic carbocycles. The van der Waals surface area contributed by atoms with Crippen LogP contribution in [0.15, 0.2) is 6.20 Å². The second-order valence-corrected chi connectivity index (χ2v) is 10.8. The van der Waals surface area contributed by atoms with Gasteiger partial charge in [-0.1, -0.05) is 11.6 Å². The minimum absolute atomic E-state index is 0.0587. The normalized spacial score (nSPS) is 24.9. The fourth-order valence-corrected chi connectivity index (χ4v) is 5.38. The number of hydrogen-bond acceptors (Lipinski definition) is 8. The molecule has 3 saturated heterocycles. The van der Waals surface area contributed by atoms with Crippen LogP contribution >= 0.6 is 11.6 Å². The minimum atomic E-state index is -0.902. The molecule has 0 aromatic carbocycles. The highest BCUT2D eigenvalue weighted by atomic mass is 35.5. The van der Waals surface area contributed by atoms with Gasteiger partial charge in [-0.15, -0.1) is 0 Å². The average molecular weight is 511 g/mol. The summed E-state index contributed by atoms with van der Waals surface area (Å²) in [4.78, 5) is 27.7. The standard InChI is InChI=1S/C23H29ClF2N6O3/c1-22(2,3)35-21(33)32-9-5-8-31(32)19-15-11-27-18(24)16(26)17(15)28-20(29-19)34-13-23-6-4-7-30(23)12-14(25)10-23/h11,14H,4-10,12-13H2,1-3H3/t14-,23+/m1/s1. The number of nitrogens with zero attached hydrogens (tertiary/aromatic N) is 6. The molecule has 35 heavy (non-hydrogen) atoms. The van der Waals surface area contributed by atoms with Crippen molar-refractivity contribution in [2.75, 3.05) is 37.8 Å². The van der Waals surface area contributed by atoms with Gasteiger partial charge in [-0.3, -0.25) is 9.91 Å². The summed E-state index contributed by atoms with van der Waals surface area (Å²) in [6.45, 7) is 7.63. The molecule has 0 N–H and O–H groups in total. The van der Waals surface area contributed by atoms with Gasteiger partial charge in [0.25, 0.3) is 0 Å². The molecule has 2 aromatic heterocycles. The number of hydrazine groups is 1. The van der Waals surface area contributed by atoms with E-state index in [0.29, 0.717) is 37.9 Å².